The molecule has 0 spiro atoms. The summed E-state index contributed by atoms with van der Waals surface area (Å²) in [4.78, 5) is 4.01. The molecule has 0 aliphatic carbocycles. The Morgan fingerprint density at radius 2 is 2.31 bits per heavy atom. The molecule has 5 nitrogen and oxygen atoms in total. The molecule has 3 heterocycles. The third-order valence-corrected chi connectivity index (χ3v) is 2.55. The van der Waals surface area contributed by atoms with Crippen LogP contribution >= 0.6 is 0 Å². The van der Waals surface area contributed by atoms with Crippen molar-refractivity contribution in [1.29, 1.82) is 0 Å². The van der Waals surface area contributed by atoms with E-state index in [9.17, 15) is 0 Å². The van der Waals surface area contributed by atoms with Crippen LogP contribution in [0, 0.1) is 0 Å². The second kappa shape index (κ2) is 4.02. The number of ether oxygens (including phenoxy) is 1. The molecule has 1 aliphatic rings. The van der Waals surface area contributed by atoms with Crippen LogP contribution < -0.4 is 0 Å². The molecule has 0 amide bonds. The molecule has 3 rings (SSSR count). The standard InChI is InChI=1S/C11H11N3O2/c1-3-8(7-12-5-1)10-13-14-11(16-10)9-4-2-6-15-9/h1,3,5,7,9H,2,4,6H2. The van der Waals surface area contributed by atoms with Gasteiger partial charge in [-0.3, -0.25) is 4.98 Å². The average molecular weight is 217 g/mol. The number of nitrogens with zero attached hydrogens (tertiary/aromatic N) is 3. The van der Waals surface area contributed by atoms with E-state index in [2.05, 4.69) is 15.2 Å². The molecule has 1 saturated heterocycles. The highest BCUT2D eigenvalue weighted by molar-refractivity contribution is 5.49. The van der Waals surface area contributed by atoms with Gasteiger partial charge in [-0.1, -0.05) is 0 Å². The van der Waals surface area contributed by atoms with Crippen molar-refractivity contribution < 1.29 is 9.15 Å². The van der Waals surface area contributed by atoms with Crippen molar-refractivity contribution >= 4 is 0 Å². The molecular formula is C11H11N3O2. The van der Waals surface area contributed by atoms with Crippen LogP contribution in [0.15, 0.2) is 28.9 Å². The molecule has 0 radical (unpaired) electrons. The lowest BCUT2D eigenvalue weighted by atomic mass is 10.2. The normalized spacial score (nSPS) is 20.1. The van der Waals surface area contributed by atoms with Crippen LogP contribution in [-0.4, -0.2) is 21.8 Å². The number of hydrogen-bond acceptors (Lipinski definition) is 5. The van der Waals surface area contributed by atoms with Gasteiger partial charge in [0, 0.05) is 19.0 Å². The van der Waals surface area contributed by atoms with E-state index in [1.54, 1.807) is 12.4 Å². The fourth-order valence-corrected chi connectivity index (χ4v) is 1.74. The first-order chi connectivity index (χ1) is 7.93. The van der Waals surface area contributed by atoms with Crippen molar-refractivity contribution in [3.63, 3.8) is 0 Å². The van der Waals surface area contributed by atoms with E-state index >= 15 is 0 Å². The molecule has 2 aromatic heterocycles. The maximum atomic E-state index is 5.57. The third-order valence-electron chi connectivity index (χ3n) is 2.55. The Bertz CT molecular complexity index is 463. The van der Waals surface area contributed by atoms with Crippen molar-refractivity contribution in [2.45, 2.75) is 18.9 Å². The van der Waals surface area contributed by atoms with Crippen LogP contribution in [0.25, 0.3) is 11.5 Å². The van der Waals surface area contributed by atoms with Gasteiger partial charge >= 0.3 is 0 Å². The predicted molar refractivity (Wildman–Crippen MR) is 55.5 cm³/mol. The molecule has 0 saturated carbocycles. The first-order valence-electron chi connectivity index (χ1n) is 5.29. The van der Waals surface area contributed by atoms with Gasteiger partial charge < -0.3 is 9.15 Å². The van der Waals surface area contributed by atoms with Crippen molar-refractivity contribution in [3.8, 4) is 11.5 Å². The molecule has 0 bridgehead atoms. The van der Waals surface area contributed by atoms with Crippen LogP contribution in [0.1, 0.15) is 24.8 Å². The molecule has 82 valence electrons. The molecule has 1 atom stereocenters. The lowest BCUT2D eigenvalue weighted by molar-refractivity contribution is 0.0896. The third kappa shape index (κ3) is 1.69. The van der Waals surface area contributed by atoms with Gasteiger partial charge in [0.05, 0.1) is 5.56 Å². The molecular weight excluding hydrogens is 206 g/mol. The summed E-state index contributed by atoms with van der Waals surface area (Å²) in [6.45, 7) is 0.773. The molecule has 1 unspecified atom stereocenters. The summed E-state index contributed by atoms with van der Waals surface area (Å²) < 4.78 is 11.0. The topological polar surface area (TPSA) is 61.0 Å². The summed E-state index contributed by atoms with van der Waals surface area (Å²) in [7, 11) is 0. The zero-order chi connectivity index (χ0) is 10.8. The molecule has 0 N–H and O–H groups in total. The number of aromatic nitrogens is 3. The molecule has 0 aromatic carbocycles. The smallest absolute Gasteiger partial charge is 0.249 e. The summed E-state index contributed by atoms with van der Waals surface area (Å²) in [6, 6.07) is 3.73. The summed E-state index contributed by atoms with van der Waals surface area (Å²) in [5.41, 5.74) is 0.833. The predicted octanol–water partition coefficient (Wildman–Crippen LogP) is 1.98. The van der Waals surface area contributed by atoms with Gasteiger partial charge in [0.15, 0.2) is 0 Å². The highest BCUT2D eigenvalue weighted by atomic mass is 16.5. The Balaban J connectivity index is 1.87. The fraction of sp³-hybridized carbons (Fsp3) is 0.364. The van der Waals surface area contributed by atoms with E-state index in [-0.39, 0.29) is 6.10 Å². The van der Waals surface area contributed by atoms with Crippen LogP contribution in [0.3, 0.4) is 0 Å². The molecule has 2 aromatic rings. The van der Waals surface area contributed by atoms with Gasteiger partial charge in [0.2, 0.25) is 11.8 Å². The minimum atomic E-state index is -0.0297. The highest BCUT2D eigenvalue weighted by Gasteiger charge is 2.23. The van der Waals surface area contributed by atoms with Crippen molar-refractivity contribution in [3.05, 3.63) is 30.4 Å². The van der Waals surface area contributed by atoms with E-state index in [1.807, 2.05) is 12.1 Å². The van der Waals surface area contributed by atoms with Crippen LogP contribution in [0.2, 0.25) is 0 Å². The van der Waals surface area contributed by atoms with Gasteiger partial charge in [-0.15, -0.1) is 10.2 Å². The van der Waals surface area contributed by atoms with Crippen molar-refractivity contribution in [2.24, 2.45) is 0 Å². The second-order valence-corrected chi connectivity index (χ2v) is 3.69. The lowest BCUT2D eigenvalue weighted by Crippen LogP contribution is -1.95. The molecule has 1 fully saturated rings. The Kier molecular flexibility index (Phi) is 2.38. The van der Waals surface area contributed by atoms with Gasteiger partial charge in [-0.05, 0) is 25.0 Å². The van der Waals surface area contributed by atoms with Gasteiger partial charge in [-0.2, -0.15) is 0 Å². The van der Waals surface area contributed by atoms with E-state index in [0.29, 0.717) is 11.8 Å². The Labute approximate surface area is 92.5 Å². The monoisotopic (exact) mass is 217 g/mol. The number of pyridine rings is 1. The van der Waals surface area contributed by atoms with Crippen LogP contribution in [0.4, 0.5) is 0 Å². The molecule has 1 aliphatic heterocycles. The first-order valence-corrected chi connectivity index (χ1v) is 5.29. The quantitative estimate of drug-likeness (QED) is 0.769. The van der Waals surface area contributed by atoms with Crippen LogP contribution in [-0.2, 0) is 4.74 Å². The Morgan fingerprint density at radius 1 is 1.31 bits per heavy atom. The van der Waals surface area contributed by atoms with E-state index in [1.165, 1.54) is 0 Å². The van der Waals surface area contributed by atoms with Crippen molar-refractivity contribution in [1.82, 2.24) is 15.2 Å². The zero-order valence-electron chi connectivity index (χ0n) is 8.67. The summed E-state index contributed by atoms with van der Waals surface area (Å²) in [5.74, 6) is 1.06. The minimum Gasteiger partial charge on any atom is -0.418 e. The van der Waals surface area contributed by atoms with Gasteiger partial charge in [-0.25, -0.2) is 0 Å². The summed E-state index contributed by atoms with van der Waals surface area (Å²) in [6.07, 6.45) is 5.38. The zero-order valence-corrected chi connectivity index (χ0v) is 8.67. The Hall–Kier alpha value is -1.75. The minimum absolute atomic E-state index is 0.0297. The first kappa shape index (κ1) is 9.47. The second-order valence-electron chi connectivity index (χ2n) is 3.69. The Morgan fingerprint density at radius 3 is 3.06 bits per heavy atom. The molecule has 16 heavy (non-hydrogen) atoms. The van der Waals surface area contributed by atoms with E-state index in [0.717, 1.165) is 25.0 Å². The van der Waals surface area contributed by atoms with Crippen LogP contribution in [0.5, 0.6) is 0 Å². The summed E-state index contributed by atoms with van der Waals surface area (Å²) in [5, 5.41) is 8.00. The van der Waals surface area contributed by atoms with Crippen molar-refractivity contribution in [2.75, 3.05) is 6.61 Å². The number of rotatable bonds is 2. The lowest BCUT2D eigenvalue weighted by Gasteiger charge is -2.01. The molecule has 5 heteroatoms. The number of hydrogen-bond donors (Lipinski definition) is 0. The summed E-state index contributed by atoms with van der Waals surface area (Å²) >= 11 is 0. The SMILES string of the molecule is c1cncc(-c2nnc(C3CCCO3)o2)c1. The maximum Gasteiger partial charge on any atom is 0.249 e. The van der Waals surface area contributed by atoms with E-state index in [4.69, 9.17) is 9.15 Å². The van der Waals surface area contributed by atoms with Gasteiger partial charge in [0.1, 0.15) is 6.10 Å². The highest BCUT2D eigenvalue weighted by Crippen LogP contribution is 2.29. The van der Waals surface area contributed by atoms with Gasteiger partial charge in [0.25, 0.3) is 0 Å². The average Bonchev–Trinajstić information content (AvgIpc) is 3.01. The fourth-order valence-electron chi connectivity index (χ4n) is 1.74. The van der Waals surface area contributed by atoms with E-state index < -0.39 is 0 Å². The largest absolute Gasteiger partial charge is 0.418 e. The maximum absolute atomic E-state index is 5.57.